The summed E-state index contributed by atoms with van der Waals surface area (Å²) in [5.74, 6) is -1.17. The molecular formula is C13H9ClF2N4S. The maximum atomic E-state index is 13.8. The predicted octanol–water partition coefficient (Wildman–Crippen LogP) is 4.26. The summed E-state index contributed by atoms with van der Waals surface area (Å²) in [4.78, 5) is 9.87. The van der Waals surface area contributed by atoms with E-state index in [-0.39, 0.29) is 16.7 Å². The van der Waals surface area contributed by atoms with E-state index in [0.29, 0.717) is 16.0 Å². The van der Waals surface area contributed by atoms with Gasteiger partial charge in [-0.1, -0.05) is 11.6 Å². The van der Waals surface area contributed by atoms with Gasteiger partial charge in [0, 0.05) is 10.9 Å². The highest BCUT2D eigenvalue weighted by Gasteiger charge is 2.14. The summed E-state index contributed by atoms with van der Waals surface area (Å²) >= 11 is 7.31. The number of thiophene rings is 1. The van der Waals surface area contributed by atoms with E-state index in [4.69, 9.17) is 17.3 Å². The fourth-order valence-corrected chi connectivity index (χ4v) is 3.06. The number of hydrogen-bond acceptors (Lipinski definition) is 5. The minimum atomic E-state index is -0.808. The van der Waals surface area contributed by atoms with Crippen LogP contribution in [0.4, 0.5) is 26.2 Å². The normalized spacial score (nSPS) is 11.0. The number of anilines is 3. The summed E-state index contributed by atoms with van der Waals surface area (Å²) in [5, 5.41) is 3.39. The van der Waals surface area contributed by atoms with Crippen LogP contribution in [-0.2, 0) is 0 Å². The van der Waals surface area contributed by atoms with E-state index >= 15 is 0 Å². The second-order valence-corrected chi connectivity index (χ2v) is 6.02. The molecule has 0 spiro atoms. The molecule has 2 heterocycles. The lowest BCUT2D eigenvalue weighted by Crippen LogP contribution is -2.02. The van der Waals surface area contributed by atoms with Crippen molar-refractivity contribution in [1.82, 2.24) is 9.97 Å². The molecule has 4 nitrogen and oxygen atoms in total. The highest BCUT2D eigenvalue weighted by atomic mass is 35.5. The van der Waals surface area contributed by atoms with Gasteiger partial charge in [0.2, 0.25) is 5.95 Å². The Morgan fingerprint density at radius 3 is 2.71 bits per heavy atom. The van der Waals surface area contributed by atoms with Gasteiger partial charge in [-0.2, -0.15) is 4.98 Å². The van der Waals surface area contributed by atoms with Crippen molar-refractivity contribution in [2.45, 2.75) is 6.92 Å². The van der Waals surface area contributed by atoms with Crippen LogP contribution in [0, 0.1) is 18.6 Å². The number of aryl methyl sites for hydroxylation is 1. The van der Waals surface area contributed by atoms with Gasteiger partial charge in [0.15, 0.2) is 5.82 Å². The molecule has 0 unspecified atom stereocenters. The summed E-state index contributed by atoms with van der Waals surface area (Å²) in [6.07, 6.45) is 0. The van der Waals surface area contributed by atoms with Crippen molar-refractivity contribution in [3.05, 3.63) is 39.7 Å². The average Bonchev–Trinajstić information content (AvgIpc) is 2.73. The van der Waals surface area contributed by atoms with Gasteiger partial charge >= 0.3 is 0 Å². The van der Waals surface area contributed by atoms with Crippen LogP contribution in [0.3, 0.4) is 0 Å². The minimum absolute atomic E-state index is 0.0543. The lowest BCUT2D eigenvalue weighted by Gasteiger charge is -2.10. The molecule has 0 fully saturated rings. The van der Waals surface area contributed by atoms with E-state index in [1.807, 2.05) is 13.0 Å². The van der Waals surface area contributed by atoms with Crippen LogP contribution in [-0.4, -0.2) is 9.97 Å². The fourth-order valence-electron chi connectivity index (χ4n) is 1.93. The lowest BCUT2D eigenvalue weighted by molar-refractivity contribution is 0.586. The summed E-state index contributed by atoms with van der Waals surface area (Å²) in [7, 11) is 0. The first kappa shape index (κ1) is 14.0. The van der Waals surface area contributed by atoms with Crippen LogP contribution >= 0.6 is 22.9 Å². The number of halogens is 3. The number of nitrogens with one attached hydrogen (secondary N) is 1. The second kappa shape index (κ2) is 5.09. The zero-order valence-corrected chi connectivity index (χ0v) is 12.3. The van der Waals surface area contributed by atoms with Crippen molar-refractivity contribution < 1.29 is 8.78 Å². The largest absolute Gasteiger partial charge is 0.368 e. The van der Waals surface area contributed by atoms with E-state index in [9.17, 15) is 8.78 Å². The molecule has 108 valence electrons. The molecule has 0 saturated heterocycles. The fraction of sp³-hybridized carbons (Fsp3) is 0.0769. The van der Waals surface area contributed by atoms with Crippen molar-refractivity contribution in [2.75, 3.05) is 11.1 Å². The Labute approximate surface area is 127 Å². The van der Waals surface area contributed by atoms with Crippen molar-refractivity contribution in [3.8, 4) is 0 Å². The first-order valence-electron chi connectivity index (χ1n) is 5.89. The predicted molar refractivity (Wildman–Crippen MR) is 81.2 cm³/mol. The number of hydrogen-bond donors (Lipinski definition) is 2. The van der Waals surface area contributed by atoms with Gasteiger partial charge in [0.1, 0.15) is 16.5 Å². The van der Waals surface area contributed by atoms with Gasteiger partial charge in [-0.05, 0) is 19.1 Å². The molecule has 0 amide bonds. The monoisotopic (exact) mass is 326 g/mol. The number of aromatic nitrogens is 2. The molecule has 0 saturated carbocycles. The Hall–Kier alpha value is -1.99. The Bertz CT molecular complexity index is 827. The number of rotatable bonds is 2. The van der Waals surface area contributed by atoms with Gasteiger partial charge in [0.05, 0.1) is 16.1 Å². The molecule has 21 heavy (non-hydrogen) atoms. The maximum absolute atomic E-state index is 13.8. The zero-order chi connectivity index (χ0) is 15.1. The molecular weight excluding hydrogens is 318 g/mol. The molecule has 3 aromatic rings. The van der Waals surface area contributed by atoms with Crippen LogP contribution < -0.4 is 11.1 Å². The Morgan fingerprint density at radius 1 is 1.24 bits per heavy atom. The van der Waals surface area contributed by atoms with E-state index in [0.717, 1.165) is 17.0 Å². The van der Waals surface area contributed by atoms with Crippen molar-refractivity contribution in [1.29, 1.82) is 0 Å². The summed E-state index contributed by atoms with van der Waals surface area (Å²) in [6.45, 7) is 1.91. The van der Waals surface area contributed by atoms with Crippen LogP contribution in [0.15, 0.2) is 18.2 Å². The Balaban J connectivity index is 2.14. The molecule has 0 aliphatic carbocycles. The number of benzene rings is 1. The van der Waals surface area contributed by atoms with Crippen LogP contribution in [0.1, 0.15) is 4.88 Å². The third-order valence-corrected chi connectivity index (χ3v) is 4.03. The molecule has 0 atom stereocenters. The molecule has 2 aromatic heterocycles. The highest BCUT2D eigenvalue weighted by Crippen LogP contribution is 2.34. The standard InChI is InChI=1S/C13H9ClF2N4S/c1-5-2-7-11(19-13(17)20-12(7)21-5)18-10-8(14)3-6(15)4-9(10)16/h2-4H,1H3,(H3,17,18,19,20). The summed E-state index contributed by atoms with van der Waals surface area (Å²) in [5.41, 5.74) is 5.59. The topological polar surface area (TPSA) is 63.8 Å². The Kier molecular flexibility index (Phi) is 3.38. The van der Waals surface area contributed by atoms with Crippen LogP contribution in [0.25, 0.3) is 10.2 Å². The van der Waals surface area contributed by atoms with Gasteiger partial charge in [-0.3, -0.25) is 0 Å². The quantitative estimate of drug-likeness (QED) is 0.738. The number of fused-ring (bicyclic) bond motifs is 1. The van der Waals surface area contributed by atoms with E-state index < -0.39 is 11.6 Å². The molecule has 0 radical (unpaired) electrons. The third-order valence-electron chi connectivity index (χ3n) is 2.78. The minimum Gasteiger partial charge on any atom is -0.368 e. The highest BCUT2D eigenvalue weighted by molar-refractivity contribution is 7.18. The third kappa shape index (κ3) is 2.62. The van der Waals surface area contributed by atoms with Crippen molar-refractivity contribution in [2.24, 2.45) is 0 Å². The van der Waals surface area contributed by atoms with Gasteiger partial charge in [0.25, 0.3) is 0 Å². The van der Waals surface area contributed by atoms with E-state index in [2.05, 4.69) is 15.3 Å². The molecule has 3 N–H and O–H groups in total. The van der Waals surface area contributed by atoms with Crippen molar-refractivity contribution in [3.63, 3.8) is 0 Å². The molecule has 3 rings (SSSR count). The maximum Gasteiger partial charge on any atom is 0.223 e. The van der Waals surface area contributed by atoms with Gasteiger partial charge < -0.3 is 11.1 Å². The molecule has 1 aromatic carbocycles. The molecule has 0 aliphatic rings. The smallest absolute Gasteiger partial charge is 0.223 e. The first-order valence-corrected chi connectivity index (χ1v) is 7.08. The van der Waals surface area contributed by atoms with Crippen LogP contribution in [0.2, 0.25) is 5.02 Å². The average molecular weight is 327 g/mol. The molecule has 8 heteroatoms. The summed E-state index contributed by atoms with van der Waals surface area (Å²) in [6, 6.07) is 3.62. The number of nitrogen functional groups attached to an aromatic ring is 1. The summed E-state index contributed by atoms with van der Waals surface area (Å²) < 4.78 is 26.9. The SMILES string of the molecule is Cc1cc2c(Nc3c(F)cc(F)cc3Cl)nc(N)nc2s1. The van der Waals surface area contributed by atoms with E-state index in [1.54, 1.807) is 0 Å². The molecule has 0 bridgehead atoms. The zero-order valence-electron chi connectivity index (χ0n) is 10.7. The first-order chi connectivity index (χ1) is 9.94. The Morgan fingerprint density at radius 2 is 2.00 bits per heavy atom. The van der Waals surface area contributed by atoms with Gasteiger partial charge in [-0.15, -0.1) is 11.3 Å². The molecule has 0 aliphatic heterocycles. The van der Waals surface area contributed by atoms with Crippen LogP contribution in [0.5, 0.6) is 0 Å². The van der Waals surface area contributed by atoms with Crippen molar-refractivity contribution >= 4 is 50.6 Å². The van der Waals surface area contributed by atoms with E-state index in [1.165, 1.54) is 11.3 Å². The number of nitrogens with zero attached hydrogens (tertiary/aromatic N) is 2. The second-order valence-electron chi connectivity index (χ2n) is 4.38. The lowest BCUT2D eigenvalue weighted by atomic mass is 10.2. The van der Waals surface area contributed by atoms with Gasteiger partial charge in [-0.25, -0.2) is 13.8 Å². The number of nitrogens with two attached hydrogens (primary N) is 1.